The van der Waals surface area contributed by atoms with E-state index in [9.17, 15) is 34.8 Å². The molecule has 0 aromatic heterocycles. The molecule has 10 heteroatoms. The molecule has 3 nitrogen and oxygen atoms in total. The summed E-state index contributed by atoms with van der Waals surface area (Å²) in [5.41, 5.74) is -1.38. The van der Waals surface area contributed by atoms with E-state index in [0.717, 1.165) is 10.8 Å². The lowest BCUT2D eigenvalue weighted by Crippen LogP contribution is -2.34. The highest BCUT2D eigenvalue weighted by Gasteiger charge is 2.38. The fourth-order valence-corrected chi connectivity index (χ4v) is 2.57. The predicted molar refractivity (Wildman–Crippen MR) is 57.4 cm³/mol. The summed E-state index contributed by atoms with van der Waals surface area (Å²) in [6.07, 6.45) is -9.86. The minimum absolute atomic E-state index is 0.132. The lowest BCUT2D eigenvalue weighted by Gasteiger charge is -2.15. The van der Waals surface area contributed by atoms with Gasteiger partial charge in [0.1, 0.15) is 6.54 Å². The highest BCUT2D eigenvalue weighted by Crippen LogP contribution is 2.34. The Bertz CT molecular complexity index is 591. The molecule has 0 heterocycles. The molecule has 0 amide bonds. The van der Waals surface area contributed by atoms with Crippen LogP contribution in [0.1, 0.15) is 11.1 Å². The zero-order valence-electron chi connectivity index (χ0n) is 9.93. The van der Waals surface area contributed by atoms with Crippen molar-refractivity contribution >= 4 is 10.0 Å². The maximum Gasteiger partial charge on any atom is 0.417 e. The molecule has 0 fully saturated rings. The van der Waals surface area contributed by atoms with E-state index in [0.29, 0.717) is 12.1 Å². The Morgan fingerprint density at radius 3 is 2.10 bits per heavy atom. The Morgan fingerprint density at radius 1 is 1.10 bits per heavy atom. The highest BCUT2D eigenvalue weighted by atomic mass is 32.2. The van der Waals surface area contributed by atoms with Crippen LogP contribution in [0.4, 0.5) is 26.3 Å². The third-order valence-corrected chi connectivity index (χ3v) is 3.65. The van der Waals surface area contributed by atoms with Crippen molar-refractivity contribution in [3.05, 3.63) is 29.3 Å². The second-order valence-corrected chi connectivity index (χ2v) is 5.67. The molecule has 0 saturated carbocycles. The lowest BCUT2D eigenvalue weighted by atomic mass is 10.1. The number of alkyl halides is 6. The van der Waals surface area contributed by atoms with Crippen molar-refractivity contribution in [2.24, 2.45) is 0 Å². The van der Waals surface area contributed by atoms with Crippen molar-refractivity contribution in [3.8, 4) is 0 Å². The summed E-state index contributed by atoms with van der Waals surface area (Å²) in [6, 6.07) is 2.25. The summed E-state index contributed by atoms with van der Waals surface area (Å²) in [4.78, 5) is -1.24. The average molecular weight is 321 g/mol. The van der Waals surface area contributed by atoms with Crippen molar-refractivity contribution < 1.29 is 34.8 Å². The Kier molecular flexibility index (Phi) is 4.39. The molecule has 0 radical (unpaired) electrons. The van der Waals surface area contributed by atoms with Crippen LogP contribution in [0.25, 0.3) is 0 Å². The van der Waals surface area contributed by atoms with E-state index in [4.69, 9.17) is 0 Å². The quantitative estimate of drug-likeness (QED) is 0.870. The molecule has 0 unspecified atom stereocenters. The van der Waals surface area contributed by atoms with Gasteiger partial charge < -0.3 is 0 Å². The van der Waals surface area contributed by atoms with Crippen molar-refractivity contribution in [1.29, 1.82) is 0 Å². The minimum atomic E-state index is -4.99. The van der Waals surface area contributed by atoms with Gasteiger partial charge in [-0.2, -0.15) is 26.3 Å². The van der Waals surface area contributed by atoms with Gasteiger partial charge in [-0.3, -0.25) is 0 Å². The standard InChI is InChI=1S/C10H9F6NO2S/c1-6-2-3-8(7(4-6)10(14,15)16)20(18,19)17-5-9(11,12)13/h2-4,17H,5H2,1H3. The first kappa shape index (κ1) is 16.8. The van der Waals surface area contributed by atoms with Crippen molar-refractivity contribution in [2.75, 3.05) is 6.54 Å². The third kappa shape index (κ3) is 4.37. The van der Waals surface area contributed by atoms with Gasteiger partial charge in [0, 0.05) is 0 Å². The third-order valence-electron chi connectivity index (χ3n) is 2.19. The van der Waals surface area contributed by atoms with Crippen molar-refractivity contribution in [2.45, 2.75) is 24.2 Å². The summed E-state index contributed by atoms with van der Waals surface area (Å²) in [5, 5.41) is 0. The Morgan fingerprint density at radius 2 is 1.65 bits per heavy atom. The SMILES string of the molecule is Cc1ccc(S(=O)(=O)NCC(F)(F)F)c(C(F)(F)F)c1. The molecule has 1 aromatic rings. The first-order valence-electron chi connectivity index (χ1n) is 5.07. The van der Waals surface area contributed by atoms with Crippen molar-refractivity contribution in [1.82, 2.24) is 4.72 Å². The topological polar surface area (TPSA) is 46.2 Å². The van der Waals surface area contributed by atoms with Gasteiger partial charge in [0.05, 0.1) is 10.5 Å². The number of rotatable bonds is 3. The van der Waals surface area contributed by atoms with Gasteiger partial charge in [-0.15, -0.1) is 0 Å². The Balaban J connectivity index is 3.25. The number of benzene rings is 1. The smallest absolute Gasteiger partial charge is 0.207 e. The van der Waals surface area contributed by atoms with Crippen LogP contribution < -0.4 is 4.72 Å². The number of hydrogen-bond acceptors (Lipinski definition) is 2. The van der Waals surface area contributed by atoms with E-state index in [1.165, 1.54) is 6.92 Å². The molecule has 0 saturated heterocycles. The van der Waals surface area contributed by atoms with E-state index >= 15 is 0 Å². The van der Waals surface area contributed by atoms with Crippen LogP contribution in [0.5, 0.6) is 0 Å². The molecule has 1 N–H and O–H groups in total. The van der Waals surface area contributed by atoms with E-state index in [2.05, 4.69) is 0 Å². The zero-order chi connectivity index (χ0) is 15.8. The molecule has 20 heavy (non-hydrogen) atoms. The van der Waals surface area contributed by atoms with Crippen LogP contribution in [0.2, 0.25) is 0 Å². The fraction of sp³-hybridized carbons (Fsp3) is 0.400. The van der Waals surface area contributed by atoms with E-state index < -0.39 is 39.4 Å². The van der Waals surface area contributed by atoms with Gasteiger partial charge in [-0.05, 0) is 19.1 Å². The molecule has 0 atom stereocenters. The molecule has 1 aromatic carbocycles. The van der Waals surface area contributed by atoms with E-state index in [1.807, 2.05) is 0 Å². The molecule has 0 aliphatic rings. The van der Waals surface area contributed by atoms with Gasteiger partial charge >= 0.3 is 12.4 Å². The summed E-state index contributed by atoms with van der Waals surface area (Å²) in [5.74, 6) is 0. The summed E-state index contributed by atoms with van der Waals surface area (Å²) in [6.45, 7) is -0.644. The Labute approximate surface area is 110 Å². The second kappa shape index (κ2) is 5.24. The van der Waals surface area contributed by atoms with Gasteiger partial charge in [0.25, 0.3) is 0 Å². The predicted octanol–water partition coefficient (Wildman–Crippen LogP) is 2.85. The zero-order valence-corrected chi connectivity index (χ0v) is 10.7. The normalized spacial score (nSPS) is 13.6. The lowest BCUT2D eigenvalue weighted by molar-refractivity contribution is -0.139. The molecule has 0 aliphatic carbocycles. The monoisotopic (exact) mass is 321 g/mol. The van der Waals surface area contributed by atoms with Gasteiger partial charge in [0.15, 0.2) is 0 Å². The first-order chi connectivity index (χ1) is 8.83. The van der Waals surface area contributed by atoms with Crippen LogP contribution in [0.15, 0.2) is 23.1 Å². The van der Waals surface area contributed by atoms with Crippen LogP contribution in [0, 0.1) is 6.92 Å². The molecule has 1 rings (SSSR count). The highest BCUT2D eigenvalue weighted by molar-refractivity contribution is 7.89. The maximum atomic E-state index is 12.7. The number of halogens is 6. The summed E-state index contributed by atoms with van der Waals surface area (Å²) < 4.78 is 98.2. The minimum Gasteiger partial charge on any atom is -0.207 e. The number of hydrogen-bond donors (Lipinski definition) is 1. The van der Waals surface area contributed by atoms with Crippen molar-refractivity contribution in [3.63, 3.8) is 0 Å². The van der Waals surface area contributed by atoms with Gasteiger partial charge in [-0.25, -0.2) is 13.1 Å². The molecule has 114 valence electrons. The molecule has 0 bridgehead atoms. The largest absolute Gasteiger partial charge is 0.417 e. The number of sulfonamides is 1. The van der Waals surface area contributed by atoms with Crippen LogP contribution in [-0.4, -0.2) is 21.1 Å². The summed E-state index contributed by atoms with van der Waals surface area (Å²) in [7, 11) is -4.91. The summed E-state index contributed by atoms with van der Waals surface area (Å²) >= 11 is 0. The van der Waals surface area contributed by atoms with Gasteiger partial charge in [0.2, 0.25) is 10.0 Å². The molecular formula is C10H9F6NO2S. The fourth-order valence-electron chi connectivity index (χ4n) is 1.35. The van der Waals surface area contributed by atoms with Crippen LogP contribution in [-0.2, 0) is 16.2 Å². The average Bonchev–Trinajstić information content (AvgIpc) is 2.24. The molecular weight excluding hydrogens is 312 g/mol. The van der Waals surface area contributed by atoms with E-state index in [-0.39, 0.29) is 5.56 Å². The van der Waals surface area contributed by atoms with E-state index in [1.54, 1.807) is 0 Å². The first-order valence-corrected chi connectivity index (χ1v) is 6.55. The van der Waals surface area contributed by atoms with Crippen LogP contribution >= 0.6 is 0 Å². The Hall–Kier alpha value is -1.29. The maximum absolute atomic E-state index is 12.7. The molecule has 0 aliphatic heterocycles. The van der Waals surface area contributed by atoms with Gasteiger partial charge in [-0.1, -0.05) is 11.6 Å². The second-order valence-electron chi connectivity index (χ2n) is 3.94. The number of nitrogens with one attached hydrogen (secondary N) is 1. The molecule has 0 spiro atoms. The van der Waals surface area contributed by atoms with Crippen LogP contribution in [0.3, 0.4) is 0 Å². The number of aryl methyl sites for hydroxylation is 1.